The van der Waals surface area contributed by atoms with Crippen LogP contribution in [0.1, 0.15) is 15.9 Å². The first kappa shape index (κ1) is 21.5. The molecule has 27 heavy (non-hydrogen) atoms. The van der Waals surface area contributed by atoms with Crippen LogP contribution in [-0.2, 0) is 16.2 Å². The Morgan fingerprint density at radius 3 is 2.26 bits per heavy atom. The molecule has 0 bridgehead atoms. The lowest BCUT2D eigenvalue weighted by Crippen LogP contribution is -2.23. The van der Waals surface area contributed by atoms with Crippen LogP contribution in [0, 0.1) is 0 Å². The van der Waals surface area contributed by atoms with Gasteiger partial charge < -0.3 is 5.32 Å². The number of benzene rings is 2. The molecule has 0 aliphatic rings. The van der Waals surface area contributed by atoms with Crippen LogP contribution in [-0.4, -0.2) is 32.7 Å². The van der Waals surface area contributed by atoms with Gasteiger partial charge in [-0.25, -0.2) is 12.7 Å². The standard InChI is InChI=1S/C16H13Cl2F3N2O3S/c1-23(2)27(25,26)14-7-11(12(17)8-13(14)18)15(24)22-10-5-3-4-9(6-10)16(19,20)21/h3-8H,1-2H3,(H,22,24). The van der Waals surface area contributed by atoms with Crippen LogP contribution in [0.2, 0.25) is 10.0 Å². The molecular formula is C16H13Cl2F3N2O3S. The van der Waals surface area contributed by atoms with Crippen molar-refractivity contribution in [2.75, 3.05) is 19.4 Å². The van der Waals surface area contributed by atoms with E-state index in [1.807, 2.05) is 0 Å². The largest absolute Gasteiger partial charge is 0.416 e. The van der Waals surface area contributed by atoms with Gasteiger partial charge in [-0.3, -0.25) is 4.79 Å². The van der Waals surface area contributed by atoms with Crippen molar-refractivity contribution in [2.45, 2.75) is 11.1 Å². The highest BCUT2D eigenvalue weighted by Gasteiger charge is 2.30. The number of amides is 1. The van der Waals surface area contributed by atoms with E-state index in [0.29, 0.717) is 0 Å². The normalized spacial score (nSPS) is 12.3. The van der Waals surface area contributed by atoms with Crippen LogP contribution < -0.4 is 5.32 Å². The number of halogens is 5. The Morgan fingerprint density at radius 1 is 1.07 bits per heavy atom. The lowest BCUT2D eigenvalue weighted by Gasteiger charge is -2.15. The number of anilines is 1. The van der Waals surface area contributed by atoms with Crippen molar-refractivity contribution in [3.05, 3.63) is 57.6 Å². The van der Waals surface area contributed by atoms with E-state index in [0.717, 1.165) is 34.6 Å². The van der Waals surface area contributed by atoms with Crippen LogP contribution in [0.4, 0.5) is 18.9 Å². The molecule has 0 saturated heterocycles. The molecule has 0 aromatic heterocycles. The second-order valence-corrected chi connectivity index (χ2v) is 8.52. The summed E-state index contributed by atoms with van der Waals surface area (Å²) in [6, 6.07) is 6.05. The van der Waals surface area contributed by atoms with Gasteiger partial charge >= 0.3 is 6.18 Å². The third-order valence-electron chi connectivity index (χ3n) is 3.47. The van der Waals surface area contributed by atoms with Crippen molar-refractivity contribution in [1.82, 2.24) is 4.31 Å². The maximum atomic E-state index is 12.8. The van der Waals surface area contributed by atoms with Gasteiger partial charge in [0, 0.05) is 19.8 Å². The lowest BCUT2D eigenvalue weighted by molar-refractivity contribution is -0.137. The molecule has 11 heteroatoms. The predicted octanol–water partition coefficient (Wildman–Crippen LogP) is 4.51. The average molecular weight is 441 g/mol. The number of rotatable bonds is 4. The summed E-state index contributed by atoms with van der Waals surface area (Å²) in [5, 5.41) is 1.92. The third-order valence-corrected chi connectivity index (χ3v) is 6.07. The van der Waals surface area contributed by atoms with E-state index >= 15 is 0 Å². The summed E-state index contributed by atoms with van der Waals surface area (Å²) < 4.78 is 63.8. The summed E-state index contributed by atoms with van der Waals surface area (Å²) in [4.78, 5) is 12.1. The Hall–Kier alpha value is -1.81. The Bertz CT molecular complexity index is 993. The molecule has 1 N–H and O–H groups in total. The van der Waals surface area contributed by atoms with Gasteiger partial charge in [-0.05, 0) is 30.3 Å². The number of alkyl halides is 3. The zero-order valence-electron chi connectivity index (χ0n) is 13.9. The Kier molecular flexibility index (Phi) is 6.10. The lowest BCUT2D eigenvalue weighted by atomic mass is 10.1. The minimum atomic E-state index is -4.58. The summed E-state index contributed by atoms with van der Waals surface area (Å²) in [6.45, 7) is 0. The van der Waals surface area contributed by atoms with Crippen molar-refractivity contribution < 1.29 is 26.4 Å². The van der Waals surface area contributed by atoms with Crippen LogP contribution in [0.15, 0.2) is 41.3 Å². The molecule has 5 nitrogen and oxygen atoms in total. The molecule has 0 aliphatic heterocycles. The van der Waals surface area contributed by atoms with Gasteiger partial charge in [0.1, 0.15) is 4.90 Å². The van der Waals surface area contributed by atoms with E-state index in [2.05, 4.69) is 5.32 Å². The number of hydrogen-bond donors (Lipinski definition) is 1. The highest BCUT2D eigenvalue weighted by atomic mass is 35.5. The minimum Gasteiger partial charge on any atom is -0.322 e. The number of carbonyl (C=O) groups excluding carboxylic acids is 1. The summed E-state index contributed by atoms with van der Waals surface area (Å²) in [5.74, 6) is -0.883. The molecular weight excluding hydrogens is 428 g/mol. The second kappa shape index (κ2) is 7.67. The van der Waals surface area contributed by atoms with Gasteiger partial charge in [0.05, 0.1) is 21.2 Å². The topological polar surface area (TPSA) is 66.5 Å². The number of sulfonamides is 1. The number of carbonyl (C=O) groups is 1. The molecule has 2 aromatic carbocycles. The first-order chi connectivity index (χ1) is 12.3. The molecule has 2 rings (SSSR count). The smallest absolute Gasteiger partial charge is 0.322 e. The monoisotopic (exact) mass is 440 g/mol. The quantitative estimate of drug-likeness (QED) is 0.759. The van der Waals surface area contributed by atoms with Gasteiger partial charge in [-0.15, -0.1) is 0 Å². The number of nitrogens with one attached hydrogen (secondary N) is 1. The molecule has 0 unspecified atom stereocenters. The summed E-state index contributed by atoms with van der Waals surface area (Å²) in [7, 11) is -1.40. The summed E-state index contributed by atoms with van der Waals surface area (Å²) >= 11 is 11.9. The van der Waals surface area contributed by atoms with Crippen molar-refractivity contribution in [1.29, 1.82) is 0 Å². The summed E-state index contributed by atoms with van der Waals surface area (Å²) in [6.07, 6.45) is -4.58. The van der Waals surface area contributed by atoms with Crippen molar-refractivity contribution in [3.63, 3.8) is 0 Å². The average Bonchev–Trinajstić information content (AvgIpc) is 2.53. The molecule has 0 fully saturated rings. The van der Waals surface area contributed by atoms with E-state index in [4.69, 9.17) is 23.2 Å². The van der Waals surface area contributed by atoms with Crippen LogP contribution >= 0.6 is 23.2 Å². The zero-order chi connectivity index (χ0) is 20.6. The number of hydrogen-bond acceptors (Lipinski definition) is 3. The highest BCUT2D eigenvalue weighted by Crippen LogP contribution is 2.32. The SMILES string of the molecule is CN(C)S(=O)(=O)c1cc(C(=O)Nc2cccc(C(F)(F)F)c2)c(Cl)cc1Cl. The van der Waals surface area contributed by atoms with E-state index in [9.17, 15) is 26.4 Å². The first-order valence-electron chi connectivity index (χ1n) is 7.24. The Morgan fingerprint density at radius 2 is 1.70 bits per heavy atom. The van der Waals surface area contributed by atoms with Gasteiger partial charge in [0.2, 0.25) is 10.0 Å². The van der Waals surface area contributed by atoms with Gasteiger partial charge in [0.25, 0.3) is 5.91 Å². The van der Waals surface area contributed by atoms with Crippen molar-refractivity contribution >= 4 is 44.8 Å². The maximum Gasteiger partial charge on any atom is 0.416 e. The summed E-state index contributed by atoms with van der Waals surface area (Å²) in [5.41, 5.74) is -1.32. The van der Waals surface area contributed by atoms with Gasteiger partial charge in [-0.2, -0.15) is 13.2 Å². The van der Waals surface area contributed by atoms with E-state index in [1.54, 1.807) is 0 Å². The van der Waals surface area contributed by atoms with Gasteiger partial charge in [0.15, 0.2) is 0 Å². The molecule has 0 spiro atoms. The number of nitrogens with zero attached hydrogens (tertiary/aromatic N) is 1. The second-order valence-electron chi connectivity index (χ2n) is 5.58. The minimum absolute atomic E-state index is 0.127. The van der Waals surface area contributed by atoms with Crippen molar-refractivity contribution in [2.24, 2.45) is 0 Å². The van der Waals surface area contributed by atoms with Crippen LogP contribution in [0.5, 0.6) is 0 Å². The third kappa shape index (κ3) is 4.73. The molecule has 0 aliphatic carbocycles. The molecule has 146 valence electrons. The molecule has 1 amide bonds. The van der Waals surface area contributed by atoms with Gasteiger partial charge in [-0.1, -0.05) is 29.3 Å². The fraction of sp³-hybridized carbons (Fsp3) is 0.188. The fourth-order valence-electron chi connectivity index (χ4n) is 2.07. The van der Waals surface area contributed by atoms with E-state index < -0.39 is 27.7 Å². The maximum absolute atomic E-state index is 12.8. The Balaban J connectivity index is 2.43. The Labute approximate surface area is 163 Å². The predicted molar refractivity (Wildman–Crippen MR) is 96.7 cm³/mol. The molecule has 0 heterocycles. The first-order valence-corrected chi connectivity index (χ1v) is 9.44. The van der Waals surface area contributed by atoms with Crippen LogP contribution in [0.25, 0.3) is 0 Å². The molecule has 2 aromatic rings. The highest BCUT2D eigenvalue weighted by molar-refractivity contribution is 7.89. The molecule has 0 saturated carbocycles. The fourth-order valence-corrected chi connectivity index (χ4v) is 3.80. The van der Waals surface area contributed by atoms with E-state index in [-0.39, 0.29) is 26.2 Å². The molecule has 0 radical (unpaired) electrons. The zero-order valence-corrected chi connectivity index (χ0v) is 16.3. The van der Waals surface area contributed by atoms with Crippen LogP contribution in [0.3, 0.4) is 0 Å². The van der Waals surface area contributed by atoms with E-state index in [1.165, 1.54) is 20.2 Å². The van der Waals surface area contributed by atoms with Crippen molar-refractivity contribution in [3.8, 4) is 0 Å². The molecule has 0 atom stereocenters.